The second-order valence-electron chi connectivity index (χ2n) is 3.86. The van der Waals surface area contributed by atoms with Gasteiger partial charge in [-0.05, 0) is 18.2 Å². The molecule has 0 amide bonds. The van der Waals surface area contributed by atoms with Crippen molar-refractivity contribution in [1.29, 1.82) is 0 Å². The van der Waals surface area contributed by atoms with Crippen molar-refractivity contribution in [3.8, 4) is 12.3 Å². The molecule has 0 radical (unpaired) electrons. The maximum absolute atomic E-state index is 11.9. The lowest BCUT2D eigenvalue weighted by Gasteiger charge is -2.13. The van der Waals surface area contributed by atoms with Crippen LogP contribution in [0.5, 0.6) is 0 Å². The van der Waals surface area contributed by atoms with Crippen LogP contribution in [0.1, 0.15) is 10.4 Å². The van der Waals surface area contributed by atoms with Gasteiger partial charge in [0.05, 0.1) is 17.0 Å². The Kier molecular flexibility index (Phi) is 4.53. The van der Waals surface area contributed by atoms with E-state index in [0.29, 0.717) is 0 Å². The predicted molar refractivity (Wildman–Crippen MR) is 71.6 cm³/mol. The third-order valence-electron chi connectivity index (χ3n) is 2.38. The predicted octanol–water partition coefficient (Wildman–Crippen LogP) is 0.680. The number of carbonyl (C=O) groups is 1. The fourth-order valence-electron chi connectivity index (χ4n) is 1.37. The Morgan fingerprint density at radius 2 is 2.11 bits per heavy atom. The van der Waals surface area contributed by atoms with Gasteiger partial charge in [-0.15, -0.1) is 6.42 Å². The van der Waals surface area contributed by atoms with E-state index in [-0.39, 0.29) is 22.7 Å². The van der Waals surface area contributed by atoms with E-state index in [1.807, 2.05) is 0 Å². The Hall–Kier alpha value is -2.04. The Morgan fingerprint density at radius 1 is 1.47 bits per heavy atom. The van der Waals surface area contributed by atoms with Gasteiger partial charge in [0.2, 0.25) is 10.0 Å². The molecule has 0 spiro atoms. The van der Waals surface area contributed by atoms with Gasteiger partial charge in [0, 0.05) is 19.8 Å². The van der Waals surface area contributed by atoms with Gasteiger partial charge >= 0.3 is 5.97 Å². The van der Waals surface area contributed by atoms with Crippen molar-refractivity contribution < 1.29 is 18.3 Å². The maximum atomic E-state index is 11.9. The van der Waals surface area contributed by atoms with Gasteiger partial charge in [-0.3, -0.25) is 0 Å². The molecule has 102 valence electrons. The van der Waals surface area contributed by atoms with E-state index >= 15 is 0 Å². The minimum absolute atomic E-state index is 0.0823. The largest absolute Gasteiger partial charge is 0.478 e. The SMILES string of the molecule is C#CCNc1ccc(S(=O)(=O)N(C)C)cc1C(=O)O. The zero-order chi connectivity index (χ0) is 14.6. The average Bonchev–Trinajstić information content (AvgIpc) is 2.35. The Morgan fingerprint density at radius 3 is 2.58 bits per heavy atom. The molecule has 0 saturated heterocycles. The molecule has 0 saturated carbocycles. The number of hydrogen-bond donors (Lipinski definition) is 2. The van der Waals surface area contributed by atoms with Crippen molar-refractivity contribution in [1.82, 2.24) is 4.31 Å². The Labute approximate surface area is 112 Å². The highest BCUT2D eigenvalue weighted by Crippen LogP contribution is 2.22. The molecule has 0 unspecified atom stereocenters. The Bertz CT molecular complexity index is 630. The first-order chi connectivity index (χ1) is 8.80. The minimum atomic E-state index is -3.67. The molecular weight excluding hydrogens is 268 g/mol. The van der Waals surface area contributed by atoms with Crippen molar-refractivity contribution in [2.45, 2.75) is 4.90 Å². The van der Waals surface area contributed by atoms with Gasteiger partial charge in [-0.1, -0.05) is 5.92 Å². The number of carboxylic acids is 1. The molecule has 7 heteroatoms. The summed E-state index contributed by atoms with van der Waals surface area (Å²) in [6, 6.07) is 3.83. The quantitative estimate of drug-likeness (QED) is 0.776. The van der Waals surface area contributed by atoms with Crippen LogP contribution in [0.2, 0.25) is 0 Å². The van der Waals surface area contributed by atoms with Crippen molar-refractivity contribution in [3.05, 3.63) is 23.8 Å². The van der Waals surface area contributed by atoms with Gasteiger partial charge in [-0.2, -0.15) is 0 Å². The van der Waals surface area contributed by atoms with E-state index in [0.717, 1.165) is 10.4 Å². The molecule has 19 heavy (non-hydrogen) atoms. The molecular formula is C12H14N2O4S. The molecule has 6 nitrogen and oxygen atoms in total. The van der Waals surface area contributed by atoms with E-state index in [1.165, 1.54) is 26.2 Å². The van der Waals surface area contributed by atoms with Crippen LogP contribution in [0.25, 0.3) is 0 Å². The summed E-state index contributed by atoms with van der Waals surface area (Å²) in [5.41, 5.74) is 0.140. The number of hydrogen-bond acceptors (Lipinski definition) is 4. The van der Waals surface area contributed by atoms with Gasteiger partial charge in [0.1, 0.15) is 0 Å². The number of rotatable bonds is 5. The summed E-state index contributed by atoms with van der Waals surface area (Å²) in [7, 11) is -0.918. The van der Waals surface area contributed by atoms with E-state index in [1.54, 1.807) is 0 Å². The molecule has 0 aliphatic rings. The molecule has 1 rings (SSSR count). The topological polar surface area (TPSA) is 86.7 Å². The second kappa shape index (κ2) is 5.73. The smallest absolute Gasteiger partial charge is 0.337 e. The van der Waals surface area contributed by atoms with E-state index in [4.69, 9.17) is 11.5 Å². The number of anilines is 1. The number of sulfonamides is 1. The highest BCUT2D eigenvalue weighted by Gasteiger charge is 2.20. The van der Waals surface area contributed by atoms with Crippen molar-refractivity contribution in [2.24, 2.45) is 0 Å². The highest BCUT2D eigenvalue weighted by molar-refractivity contribution is 7.89. The van der Waals surface area contributed by atoms with Crippen LogP contribution in [-0.2, 0) is 10.0 Å². The number of nitrogens with one attached hydrogen (secondary N) is 1. The van der Waals surface area contributed by atoms with Crippen molar-refractivity contribution >= 4 is 21.7 Å². The highest BCUT2D eigenvalue weighted by atomic mass is 32.2. The normalized spacial score (nSPS) is 11.1. The zero-order valence-corrected chi connectivity index (χ0v) is 11.4. The van der Waals surface area contributed by atoms with E-state index < -0.39 is 16.0 Å². The molecule has 1 aromatic carbocycles. The standard InChI is InChI=1S/C12H14N2O4S/c1-4-7-13-11-6-5-9(8-10(11)12(15)16)19(17,18)14(2)3/h1,5-6,8,13H,7H2,2-3H3,(H,15,16). The minimum Gasteiger partial charge on any atom is -0.478 e. The molecule has 0 aromatic heterocycles. The van der Waals surface area contributed by atoms with Crippen LogP contribution in [0.15, 0.2) is 23.1 Å². The number of nitrogens with zero attached hydrogens (tertiary/aromatic N) is 1. The first-order valence-electron chi connectivity index (χ1n) is 5.28. The van der Waals surface area contributed by atoms with Crippen LogP contribution in [0.3, 0.4) is 0 Å². The van der Waals surface area contributed by atoms with Gasteiger partial charge in [0.15, 0.2) is 0 Å². The monoisotopic (exact) mass is 282 g/mol. The van der Waals surface area contributed by atoms with Crippen LogP contribution >= 0.6 is 0 Å². The lowest BCUT2D eigenvalue weighted by Crippen LogP contribution is -2.22. The van der Waals surface area contributed by atoms with Crippen LogP contribution in [0.4, 0.5) is 5.69 Å². The Balaban J connectivity index is 3.33. The first-order valence-corrected chi connectivity index (χ1v) is 6.72. The first kappa shape index (κ1) is 15.0. The fourth-order valence-corrected chi connectivity index (χ4v) is 2.30. The van der Waals surface area contributed by atoms with Gasteiger partial charge < -0.3 is 10.4 Å². The van der Waals surface area contributed by atoms with E-state index in [2.05, 4.69) is 11.2 Å². The summed E-state index contributed by atoms with van der Waals surface area (Å²) in [4.78, 5) is 11.1. The summed E-state index contributed by atoms with van der Waals surface area (Å²) < 4.78 is 24.8. The second-order valence-corrected chi connectivity index (χ2v) is 6.01. The molecule has 2 N–H and O–H groups in total. The van der Waals surface area contributed by atoms with E-state index in [9.17, 15) is 13.2 Å². The van der Waals surface area contributed by atoms with Crippen molar-refractivity contribution in [3.63, 3.8) is 0 Å². The van der Waals surface area contributed by atoms with Crippen molar-refractivity contribution in [2.75, 3.05) is 26.0 Å². The number of carboxylic acid groups (broad SMARTS) is 1. The molecule has 0 aliphatic carbocycles. The summed E-state index contributed by atoms with van der Waals surface area (Å²) >= 11 is 0. The molecule has 0 fully saturated rings. The lowest BCUT2D eigenvalue weighted by molar-refractivity contribution is 0.0697. The molecule has 1 aromatic rings. The number of aromatic carboxylic acids is 1. The van der Waals surface area contributed by atoms with Gasteiger partial charge in [0.25, 0.3) is 0 Å². The number of benzene rings is 1. The lowest BCUT2D eigenvalue weighted by atomic mass is 10.2. The molecule has 0 heterocycles. The fraction of sp³-hybridized carbons (Fsp3) is 0.250. The van der Waals surface area contributed by atoms with Crippen LogP contribution in [0, 0.1) is 12.3 Å². The molecule has 0 aliphatic heterocycles. The summed E-state index contributed by atoms with van der Waals surface area (Å²) in [6.07, 6.45) is 5.08. The summed E-state index contributed by atoms with van der Waals surface area (Å²) in [5, 5.41) is 11.8. The van der Waals surface area contributed by atoms with Crippen LogP contribution in [-0.4, -0.2) is 44.4 Å². The third kappa shape index (κ3) is 3.24. The molecule has 0 atom stereocenters. The summed E-state index contributed by atoms with van der Waals surface area (Å²) in [6.45, 7) is 0.153. The number of terminal acetylenes is 1. The van der Waals surface area contributed by atoms with Crippen LogP contribution < -0.4 is 5.32 Å². The van der Waals surface area contributed by atoms with Gasteiger partial charge in [-0.25, -0.2) is 17.5 Å². The molecule has 0 bridgehead atoms. The maximum Gasteiger partial charge on any atom is 0.337 e. The summed E-state index contributed by atoms with van der Waals surface area (Å²) in [5.74, 6) is 1.09. The third-order valence-corrected chi connectivity index (χ3v) is 4.19. The average molecular weight is 282 g/mol. The zero-order valence-electron chi connectivity index (χ0n) is 10.5.